The van der Waals surface area contributed by atoms with Crippen molar-refractivity contribution in [1.29, 1.82) is 0 Å². The first-order valence-electron chi connectivity index (χ1n) is 11.7. The van der Waals surface area contributed by atoms with Gasteiger partial charge < -0.3 is 14.9 Å². The first kappa shape index (κ1) is 23.1. The van der Waals surface area contributed by atoms with E-state index in [4.69, 9.17) is 9.57 Å². The van der Waals surface area contributed by atoms with E-state index in [1.54, 1.807) is 24.4 Å². The second kappa shape index (κ2) is 11.7. The standard InChI is InChI=1S/C27H31FN2O3/c28-24-12-10-22(11-13-24)19-32-26-15-17-30(27(31)18-26)33-20-23-8-6-21(7-9-23)14-16-29-25-4-2-1-3-5-25/h6-13,15,17-18,25,29H,1-5,14,16,19-20H2. The molecule has 1 aliphatic rings. The third-order valence-corrected chi connectivity index (χ3v) is 6.02. The minimum absolute atomic E-state index is 0.257. The summed E-state index contributed by atoms with van der Waals surface area (Å²) < 4.78 is 19.8. The Morgan fingerprint density at radius 3 is 2.27 bits per heavy atom. The molecule has 1 fully saturated rings. The van der Waals surface area contributed by atoms with Gasteiger partial charge in [-0.25, -0.2) is 4.39 Å². The molecule has 1 aromatic heterocycles. The van der Waals surface area contributed by atoms with Gasteiger partial charge in [0, 0.05) is 18.2 Å². The Balaban J connectivity index is 1.22. The van der Waals surface area contributed by atoms with E-state index in [-0.39, 0.29) is 18.0 Å². The summed E-state index contributed by atoms with van der Waals surface area (Å²) in [6.07, 6.45) is 9.24. The largest absolute Gasteiger partial charge is 0.489 e. The van der Waals surface area contributed by atoms with Crippen molar-refractivity contribution in [2.75, 3.05) is 6.54 Å². The fraction of sp³-hybridized carbons (Fsp3) is 0.370. The highest BCUT2D eigenvalue weighted by molar-refractivity contribution is 5.23. The molecule has 0 unspecified atom stereocenters. The van der Waals surface area contributed by atoms with Crippen LogP contribution in [0.3, 0.4) is 0 Å². The summed E-state index contributed by atoms with van der Waals surface area (Å²) in [5.41, 5.74) is 2.81. The van der Waals surface area contributed by atoms with Gasteiger partial charge in [0.2, 0.25) is 0 Å². The number of hydrogen-bond acceptors (Lipinski definition) is 4. The molecule has 0 radical (unpaired) electrons. The highest BCUT2D eigenvalue weighted by Gasteiger charge is 2.11. The van der Waals surface area contributed by atoms with Gasteiger partial charge in [-0.3, -0.25) is 4.79 Å². The number of hydrogen-bond donors (Lipinski definition) is 1. The Morgan fingerprint density at radius 2 is 1.55 bits per heavy atom. The van der Waals surface area contributed by atoms with Crippen molar-refractivity contribution in [2.45, 2.75) is 57.8 Å². The fourth-order valence-electron chi connectivity index (χ4n) is 4.07. The van der Waals surface area contributed by atoms with Gasteiger partial charge >= 0.3 is 0 Å². The predicted molar refractivity (Wildman–Crippen MR) is 127 cm³/mol. The monoisotopic (exact) mass is 450 g/mol. The molecule has 0 bridgehead atoms. The van der Waals surface area contributed by atoms with Crippen LogP contribution in [0, 0.1) is 5.82 Å². The van der Waals surface area contributed by atoms with Crippen LogP contribution < -0.4 is 20.5 Å². The molecule has 1 heterocycles. The van der Waals surface area contributed by atoms with Crippen molar-refractivity contribution in [1.82, 2.24) is 10.0 Å². The van der Waals surface area contributed by atoms with Crippen LogP contribution in [-0.4, -0.2) is 17.3 Å². The number of nitrogens with zero attached hydrogens (tertiary/aromatic N) is 1. The molecule has 5 nitrogen and oxygen atoms in total. The van der Waals surface area contributed by atoms with Crippen LogP contribution in [0.2, 0.25) is 0 Å². The van der Waals surface area contributed by atoms with E-state index in [9.17, 15) is 9.18 Å². The average Bonchev–Trinajstić information content (AvgIpc) is 2.85. The molecular weight excluding hydrogens is 419 g/mol. The number of rotatable bonds is 10. The Bertz CT molecular complexity index is 1060. The minimum Gasteiger partial charge on any atom is -0.489 e. The van der Waals surface area contributed by atoms with Gasteiger partial charge in [0.05, 0.1) is 6.20 Å². The Hall–Kier alpha value is -3.12. The lowest BCUT2D eigenvalue weighted by Crippen LogP contribution is -2.32. The molecule has 6 heteroatoms. The molecule has 0 spiro atoms. The van der Waals surface area contributed by atoms with Crippen LogP contribution in [0.1, 0.15) is 48.8 Å². The average molecular weight is 451 g/mol. The van der Waals surface area contributed by atoms with Gasteiger partial charge in [-0.1, -0.05) is 55.7 Å². The summed E-state index contributed by atoms with van der Waals surface area (Å²) >= 11 is 0. The van der Waals surface area contributed by atoms with Crippen molar-refractivity contribution < 1.29 is 14.0 Å². The van der Waals surface area contributed by atoms with E-state index in [0.717, 1.165) is 24.1 Å². The van der Waals surface area contributed by atoms with E-state index in [1.807, 2.05) is 12.1 Å². The second-order valence-electron chi connectivity index (χ2n) is 8.57. The number of benzene rings is 2. The van der Waals surface area contributed by atoms with Crippen molar-refractivity contribution in [2.24, 2.45) is 0 Å². The Morgan fingerprint density at radius 1 is 0.879 bits per heavy atom. The Labute approximate surface area is 194 Å². The van der Waals surface area contributed by atoms with E-state index in [0.29, 0.717) is 18.4 Å². The highest BCUT2D eigenvalue weighted by atomic mass is 19.1. The van der Waals surface area contributed by atoms with Crippen molar-refractivity contribution in [3.63, 3.8) is 0 Å². The van der Waals surface area contributed by atoms with E-state index < -0.39 is 0 Å². The maximum Gasteiger partial charge on any atom is 0.286 e. The summed E-state index contributed by atoms with van der Waals surface area (Å²) in [6.45, 7) is 1.56. The SMILES string of the molecule is O=c1cc(OCc2ccc(F)cc2)ccn1OCc1ccc(CCNC2CCCCC2)cc1. The molecule has 4 rings (SSSR count). The molecule has 2 aromatic carbocycles. The van der Waals surface area contributed by atoms with E-state index in [1.165, 1.54) is 60.6 Å². The quantitative estimate of drug-likeness (QED) is 0.488. The summed E-state index contributed by atoms with van der Waals surface area (Å²) in [5.74, 6) is 0.148. The third-order valence-electron chi connectivity index (χ3n) is 6.02. The molecule has 3 aromatic rings. The van der Waals surface area contributed by atoms with Crippen LogP contribution >= 0.6 is 0 Å². The van der Waals surface area contributed by atoms with E-state index >= 15 is 0 Å². The van der Waals surface area contributed by atoms with Crippen LogP contribution in [-0.2, 0) is 19.6 Å². The maximum absolute atomic E-state index is 13.0. The molecule has 0 atom stereocenters. The number of nitrogens with one attached hydrogen (secondary N) is 1. The van der Waals surface area contributed by atoms with Gasteiger partial charge in [-0.2, -0.15) is 4.73 Å². The van der Waals surface area contributed by atoms with Crippen LogP contribution in [0.4, 0.5) is 4.39 Å². The molecule has 1 N–H and O–H groups in total. The number of halogens is 1. The summed E-state index contributed by atoms with van der Waals surface area (Å²) in [5, 5.41) is 3.67. The minimum atomic E-state index is -0.308. The normalized spacial score (nSPS) is 14.2. The number of aromatic nitrogens is 1. The summed E-state index contributed by atoms with van der Waals surface area (Å²) in [6, 6.07) is 18.1. The molecule has 1 aliphatic carbocycles. The predicted octanol–water partition coefficient (Wildman–Crippen LogP) is 4.66. The zero-order valence-electron chi connectivity index (χ0n) is 18.8. The fourth-order valence-corrected chi connectivity index (χ4v) is 4.07. The Kier molecular flexibility index (Phi) is 8.14. The molecule has 1 saturated carbocycles. The number of ether oxygens (including phenoxy) is 1. The topological polar surface area (TPSA) is 52.5 Å². The van der Waals surface area contributed by atoms with Crippen LogP contribution in [0.15, 0.2) is 71.7 Å². The van der Waals surface area contributed by atoms with Crippen molar-refractivity contribution in [3.8, 4) is 5.75 Å². The van der Waals surface area contributed by atoms with Gasteiger partial charge in [0.1, 0.15) is 24.8 Å². The zero-order valence-corrected chi connectivity index (χ0v) is 18.8. The zero-order chi connectivity index (χ0) is 22.9. The van der Waals surface area contributed by atoms with Gasteiger partial charge in [0.15, 0.2) is 0 Å². The summed E-state index contributed by atoms with van der Waals surface area (Å²) in [4.78, 5) is 18.0. The van der Waals surface area contributed by atoms with E-state index in [2.05, 4.69) is 17.4 Å². The van der Waals surface area contributed by atoms with Crippen molar-refractivity contribution >= 4 is 0 Å². The first-order valence-corrected chi connectivity index (χ1v) is 11.7. The highest BCUT2D eigenvalue weighted by Crippen LogP contribution is 2.17. The van der Waals surface area contributed by atoms with Gasteiger partial charge in [-0.15, -0.1) is 0 Å². The molecule has 174 valence electrons. The van der Waals surface area contributed by atoms with Crippen molar-refractivity contribution in [3.05, 3.63) is 99.7 Å². The molecule has 0 aliphatic heterocycles. The second-order valence-corrected chi connectivity index (χ2v) is 8.57. The molecule has 0 amide bonds. The third kappa shape index (κ3) is 7.19. The molecule has 33 heavy (non-hydrogen) atoms. The molecular formula is C27H31FN2O3. The first-order chi connectivity index (χ1) is 16.2. The van der Waals surface area contributed by atoms with Gasteiger partial charge in [-0.05, 0) is 54.6 Å². The lowest BCUT2D eigenvalue weighted by Gasteiger charge is -2.22. The van der Waals surface area contributed by atoms with Gasteiger partial charge in [0.25, 0.3) is 5.56 Å². The van der Waals surface area contributed by atoms with Crippen LogP contribution in [0.25, 0.3) is 0 Å². The smallest absolute Gasteiger partial charge is 0.286 e. The number of pyridine rings is 1. The lowest BCUT2D eigenvalue weighted by atomic mass is 9.95. The maximum atomic E-state index is 13.0. The lowest BCUT2D eigenvalue weighted by molar-refractivity contribution is 0.0884. The molecule has 0 saturated heterocycles. The summed E-state index contributed by atoms with van der Waals surface area (Å²) in [7, 11) is 0. The van der Waals surface area contributed by atoms with Crippen LogP contribution in [0.5, 0.6) is 5.75 Å².